The highest BCUT2D eigenvalue weighted by Crippen LogP contribution is 2.17. The molecule has 0 aromatic rings. The zero-order chi connectivity index (χ0) is 18.9. The van der Waals surface area contributed by atoms with Gasteiger partial charge in [-0.3, -0.25) is 0 Å². The molecule has 0 amide bonds. The number of hydroxylamine groups is 3. The van der Waals surface area contributed by atoms with Gasteiger partial charge in [-0.25, -0.2) is 10.2 Å². The Hall–Kier alpha value is -0.670. The number of quaternary nitrogens is 1. The van der Waals surface area contributed by atoms with Gasteiger partial charge in [0.1, 0.15) is 13.1 Å². The van der Waals surface area contributed by atoms with E-state index in [0.717, 1.165) is 31.9 Å². The van der Waals surface area contributed by atoms with Crippen molar-refractivity contribution in [1.82, 2.24) is 0 Å². The van der Waals surface area contributed by atoms with Crippen molar-refractivity contribution in [2.75, 3.05) is 19.6 Å². The third-order valence-corrected chi connectivity index (χ3v) is 5.68. The van der Waals surface area contributed by atoms with Crippen molar-refractivity contribution >= 4 is 5.84 Å². The molecular weight excluding hydrogens is 320 g/mol. The predicted molar refractivity (Wildman–Crippen MR) is 114 cm³/mol. The van der Waals surface area contributed by atoms with Crippen LogP contribution in [0.3, 0.4) is 0 Å². The molecule has 3 heteroatoms. The Morgan fingerprint density at radius 3 is 1.92 bits per heavy atom. The number of amidine groups is 1. The van der Waals surface area contributed by atoms with E-state index in [2.05, 4.69) is 24.1 Å². The quantitative estimate of drug-likeness (QED) is 0.167. The van der Waals surface area contributed by atoms with Crippen molar-refractivity contribution in [1.29, 1.82) is 0 Å². The maximum Gasteiger partial charge on any atom is 0.231 e. The van der Waals surface area contributed by atoms with Gasteiger partial charge in [0.25, 0.3) is 0 Å². The maximum atomic E-state index is 10.4. The molecule has 1 aliphatic heterocycles. The first kappa shape index (κ1) is 23.4. The number of allylic oxidation sites excluding steroid dienone is 2. The minimum Gasteiger partial charge on any atom is -0.230 e. The normalized spacial score (nSPS) is 20.2. The van der Waals surface area contributed by atoms with E-state index in [1.54, 1.807) is 0 Å². The topological polar surface area (TPSA) is 32.6 Å². The molecule has 3 nitrogen and oxygen atoms in total. The van der Waals surface area contributed by atoms with Crippen molar-refractivity contribution in [3.05, 3.63) is 12.2 Å². The second kappa shape index (κ2) is 15.4. The molecule has 152 valence electrons. The standard InChI is InChI=1S/C23H45N2O/c1-3-5-6-7-8-9-10-11-12-13-14-15-16-17-18-19-20-23-24-21-22-25(23,26)4-2/h11-12,26H,3-10,13-22H2,1-2H3/q+1/b12-11-. The lowest BCUT2D eigenvalue weighted by Crippen LogP contribution is -2.47. The average molecular weight is 366 g/mol. The molecule has 0 fully saturated rings. The van der Waals surface area contributed by atoms with Gasteiger partial charge < -0.3 is 0 Å². The summed E-state index contributed by atoms with van der Waals surface area (Å²) in [4.78, 5) is 4.50. The zero-order valence-electron chi connectivity index (χ0n) is 17.7. The van der Waals surface area contributed by atoms with Crippen LogP contribution in [0.4, 0.5) is 0 Å². The summed E-state index contributed by atoms with van der Waals surface area (Å²) >= 11 is 0. The van der Waals surface area contributed by atoms with E-state index < -0.39 is 0 Å². The smallest absolute Gasteiger partial charge is 0.230 e. The molecule has 0 radical (unpaired) electrons. The maximum absolute atomic E-state index is 10.4. The molecule has 0 saturated carbocycles. The van der Waals surface area contributed by atoms with Crippen LogP contribution in [0.1, 0.15) is 110 Å². The Bertz CT molecular complexity index is 392. The Labute approximate surface area is 163 Å². The fourth-order valence-electron chi connectivity index (χ4n) is 3.76. The monoisotopic (exact) mass is 365 g/mol. The van der Waals surface area contributed by atoms with Crippen LogP contribution in [0, 0.1) is 0 Å². The van der Waals surface area contributed by atoms with Gasteiger partial charge in [-0.2, -0.15) is 0 Å². The molecule has 1 N–H and O–H groups in total. The van der Waals surface area contributed by atoms with Gasteiger partial charge in [0.15, 0.2) is 0 Å². The summed E-state index contributed by atoms with van der Waals surface area (Å²) in [6, 6.07) is 0. The number of nitrogens with zero attached hydrogens (tertiary/aromatic N) is 2. The predicted octanol–water partition coefficient (Wildman–Crippen LogP) is 7.05. The van der Waals surface area contributed by atoms with Gasteiger partial charge in [0, 0.05) is 6.42 Å². The van der Waals surface area contributed by atoms with E-state index in [4.69, 9.17) is 0 Å². The Kier molecular flexibility index (Phi) is 13.8. The van der Waals surface area contributed by atoms with E-state index in [-0.39, 0.29) is 4.65 Å². The molecule has 0 saturated heterocycles. The molecule has 0 aromatic heterocycles. The van der Waals surface area contributed by atoms with Gasteiger partial charge in [-0.05, 0) is 39.0 Å². The fourth-order valence-corrected chi connectivity index (χ4v) is 3.76. The summed E-state index contributed by atoms with van der Waals surface area (Å²) in [6.07, 6.45) is 24.5. The molecule has 1 rings (SSSR count). The first-order chi connectivity index (χ1) is 12.7. The van der Waals surface area contributed by atoms with Gasteiger partial charge in [-0.1, -0.05) is 76.9 Å². The van der Waals surface area contributed by atoms with Crippen LogP contribution >= 0.6 is 0 Å². The first-order valence-electron chi connectivity index (χ1n) is 11.5. The molecule has 0 bridgehead atoms. The first-order valence-corrected chi connectivity index (χ1v) is 11.5. The molecule has 0 aliphatic carbocycles. The van der Waals surface area contributed by atoms with Gasteiger partial charge in [0.05, 0.1) is 6.54 Å². The Morgan fingerprint density at radius 2 is 1.35 bits per heavy atom. The summed E-state index contributed by atoms with van der Waals surface area (Å²) in [5.74, 6) is 1.02. The van der Waals surface area contributed by atoms with Gasteiger partial charge in [-0.15, -0.1) is 4.65 Å². The molecule has 1 heterocycles. The molecule has 1 atom stereocenters. The second-order valence-electron chi connectivity index (χ2n) is 7.95. The van der Waals surface area contributed by atoms with Crippen molar-refractivity contribution in [3.8, 4) is 0 Å². The van der Waals surface area contributed by atoms with Gasteiger partial charge >= 0.3 is 0 Å². The van der Waals surface area contributed by atoms with Crippen LogP contribution in [0.25, 0.3) is 0 Å². The largest absolute Gasteiger partial charge is 0.231 e. The van der Waals surface area contributed by atoms with E-state index in [1.807, 2.05) is 6.92 Å². The summed E-state index contributed by atoms with van der Waals surface area (Å²) in [7, 11) is 0. The highest BCUT2D eigenvalue weighted by atomic mass is 16.5. The number of likely N-dealkylation sites (N-methyl/N-ethyl adjacent to an activating group) is 1. The number of aliphatic imine (C=N–C) groups is 1. The molecule has 1 aliphatic rings. The van der Waals surface area contributed by atoms with Crippen molar-refractivity contribution in [2.45, 2.75) is 110 Å². The van der Waals surface area contributed by atoms with Gasteiger partial charge in [0.2, 0.25) is 5.84 Å². The number of unbranched alkanes of at least 4 members (excludes halogenated alkanes) is 12. The number of hydrogen-bond donors (Lipinski definition) is 1. The Morgan fingerprint density at radius 1 is 0.808 bits per heavy atom. The fraction of sp³-hybridized carbons (Fsp3) is 0.870. The van der Waals surface area contributed by atoms with Crippen molar-refractivity contribution < 1.29 is 9.85 Å². The van der Waals surface area contributed by atoms with Crippen LogP contribution in [0.5, 0.6) is 0 Å². The third kappa shape index (κ3) is 10.5. The third-order valence-electron chi connectivity index (χ3n) is 5.68. The minimum absolute atomic E-state index is 0.102. The summed E-state index contributed by atoms with van der Waals surface area (Å²) in [6.45, 7) is 6.65. The van der Waals surface area contributed by atoms with Crippen molar-refractivity contribution in [3.63, 3.8) is 0 Å². The Balaban J connectivity index is 1.83. The SMILES string of the molecule is CCCCCCCC/C=C\CCCCCCCCC1=NCC[N+]1(O)CC. The van der Waals surface area contributed by atoms with Crippen molar-refractivity contribution in [2.24, 2.45) is 4.99 Å². The molecule has 26 heavy (non-hydrogen) atoms. The molecule has 0 aromatic carbocycles. The number of hydrogen-bond acceptors (Lipinski definition) is 2. The number of rotatable bonds is 17. The zero-order valence-corrected chi connectivity index (χ0v) is 17.7. The minimum atomic E-state index is 0.102. The lowest BCUT2D eigenvalue weighted by Gasteiger charge is -2.23. The van der Waals surface area contributed by atoms with Crippen LogP contribution < -0.4 is 0 Å². The molecule has 1 unspecified atom stereocenters. The highest BCUT2D eigenvalue weighted by molar-refractivity contribution is 5.76. The van der Waals surface area contributed by atoms with Crippen LogP contribution in [0.15, 0.2) is 17.1 Å². The lowest BCUT2D eigenvalue weighted by atomic mass is 10.1. The van der Waals surface area contributed by atoms with Crippen LogP contribution in [-0.2, 0) is 0 Å². The van der Waals surface area contributed by atoms with E-state index in [1.165, 1.54) is 89.9 Å². The lowest BCUT2D eigenvalue weighted by molar-refractivity contribution is -1.03. The summed E-state index contributed by atoms with van der Waals surface area (Å²) < 4.78 is 0.102. The summed E-state index contributed by atoms with van der Waals surface area (Å²) in [5.41, 5.74) is 0. The average Bonchev–Trinajstić information content (AvgIpc) is 3.02. The molecular formula is C23H45N2O+. The van der Waals surface area contributed by atoms with Crippen LogP contribution in [0.2, 0.25) is 0 Å². The second-order valence-corrected chi connectivity index (χ2v) is 7.95. The van der Waals surface area contributed by atoms with E-state index >= 15 is 0 Å². The molecule has 0 spiro atoms. The van der Waals surface area contributed by atoms with E-state index in [0.29, 0.717) is 0 Å². The highest BCUT2D eigenvalue weighted by Gasteiger charge is 2.34. The van der Waals surface area contributed by atoms with E-state index in [9.17, 15) is 5.21 Å². The van der Waals surface area contributed by atoms with Crippen LogP contribution in [-0.4, -0.2) is 35.3 Å². The summed E-state index contributed by atoms with van der Waals surface area (Å²) in [5, 5.41) is 10.4.